The minimum atomic E-state index is -4.39. The number of hydrogen-bond acceptors (Lipinski definition) is 1. The van der Waals surface area contributed by atoms with Gasteiger partial charge in [0.25, 0.3) is 5.91 Å². The number of anilines is 1. The molecule has 26 heavy (non-hydrogen) atoms. The summed E-state index contributed by atoms with van der Waals surface area (Å²) in [7, 11) is 0. The lowest BCUT2D eigenvalue weighted by atomic mass is 9.98. The molecule has 0 atom stereocenters. The van der Waals surface area contributed by atoms with Gasteiger partial charge < -0.3 is 5.32 Å². The SMILES string of the molecule is Cc1ccccc1NC(=O)c1ccccc1-c1ccc(C(F)(F)F)cc1. The molecule has 5 heteroatoms. The van der Waals surface area contributed by atoms with Gasteiger partial charge >= 0.3 is 6.18 Å². The highest BCUT2D eigenvalue weighted by Gasteiger charge is 2.30. The summed E-state index contributed by atoms with van der Waals surface area (Å²) in [5, 5.41) is 2.85. The van der Waals surface area contributed by atoms with E-state index < -0.39 is 11.7 Å². The Balaban J connectivity index is 1.93. The number of alkyl halides is 3. The third-order valence-corrected chi connectivity index (χ3v) is 4.09. The molecule has 0 unspecified atom stereocenters. The van der Waals surface area contributed by atoms with Gasteiger partial charge in [-0.05, 0) is 47.9 Å². The van der Waals surface area contributed by atoms with Crippen molar-refractivity contribution in [3.8, 4) is 11.1 Å². The Labute approximate surface area is 149 Å². The summed E-state index contributed by atoms with van der Waals surface area (Å²) in [5.74, 6) is -0.310. The molecule has 1 N–H and O–H groups in total. The zero-order valence-electron chi connectivity index (χ0n) is 14.0. The van der Waals surface area contributed by atoms with Gasteiger partial charge in [0.1, 0.15) is 0 Å². The van der Waals surface area contributed by atoms with Crippen molar-refractivity contribution in [1.29, 1.82) is 0 Å². The molecular formula is C21H16F3NO. The largest absolute Gasteiger partial charge is 0.416 e. The molecule has 2 nitrogen and oxygen atoms in total. The van der Waals surface area contributed by atoms with Crippen LogP contribution in [0.2, 0.25) is 0 Å². The van der Waals surface area contributed by atoms with Gasteiger partial charge in [0, 0.05) is 11.3 Å². The monoisotopic (exact) mass is 355 g/mol. The van der Waals surface area contributed by atoms with Crippen molar-refractivity contribution in [3.63, 3.8) is 0 Å². The molecule has 0 radical (unpaired) electrons. The van der Waals surface area contributed by atoms with E-state index in [-0.39, 0.29) is 5.91 Å². The Hall–Kier alpha value is -3.08. The van der Waals surface area contributed by atoms with Crippen LogP contribution in [-0.4, -0.2) is 5.91 Å². The first-order valence-corrected chi connectivity index (χ1v) is 8.00. The van der Waals surface area contributed by atoms with E-state index in [2.05, 4.69) is 5.32 Å². The number of nitrogens with one attached hydrogen (secondary N) is 1. The molecule has 0 aliphatic carbocycles. The Morgan fingerprint density at radius 2 is 1.46 bits per heavy atom. The van der Waals surface area contributed by atoms with E-state index in [1.165, 1.54) is 12.1 Å². The molecule has 0 saturated heterocycles. The van der Waals surface area contributed by atoms with Crippen molar-refractivity contribution in [3.05, 3.63) is 89.5 Å². The quantitative estimate of drug-likeness (QED) is 0.619. The molecule has 3 aromatic carbocycles. The van der Waals surface area contributed by atoms with Gasteiger partial charge in [-0.25, -0.2) is 0 Å². The Bertz CT molecular complexity index is 930. The van der Waals surface area contributed by atoms with Crippen LogP contribution >= 0.6 is 0 Å². The van der Waals surface area contributed by atoms with Crippen molar-refractivity contribution >= 4 is 11.6 Å². The van der Waals surface area contributed by atoms with E-state index in [0.29, 0.717) is 22.4 Å². The smallest absolute Gasteiger partial charge is 0.322 e. The van der Waals surface area contributed by atoms with E-state index in [0.717, 1.165) is 17.7 Å². The molecule has 1 amide bonds. The predicted molar refractivity (Wildman–Crippen MR) is 96.0 cm³/mol. The molecule has 0 spiro atoms. The van der Waals surface area contributed by atoms with E-state index in [1.807, 2.05) is 25.1 Å². The third kappa shape index (κ3) is 3.77. The van der Waals surface area contributed by atoms with E-state index in [9.17, 15) is 18.0 Å². The second kappa shape index (κ2) is 7.04. The van der Waals surface area contributed by atoms with Crippen LogP contribution in [0, 0.1) is 6.92 Å². The summed E-state index contributed by atoms with van der Waals surface area (Å²) >= 11 is 0. The zero-order chi connectivity index (χ0) is 18.7. The number of rotatable bonds is 3. The Kier molecular flexibility index (Phi) is 4.80. The van der Waals surface area contributed by atoms with Crippen LogP contribution in [0.15, 0.2) is 72.8 Å². The fourth-order valence-electron chi connectivity index (χ4n) is 2.67. The average Bonchev–Trinajstić information content (AvgIpc) is 2.63. The van der Waals surface area contributed by atoms with Gasteiger partial charge in [-0.1, -0.05) is 48.5 Å². The number of aryl methyl sites for hydroxylation is 1. The molecule has 0 aliphatic rings. The number of benzene rings is 3. The number of carbonyl (C=O) groups excluding carboxylic acids is 1. The Morgan fingerprint density at radius 3 is 2.12 bits per heavy atom. The van der Waals surface area contributed by atoms with E-state index >= 15 is 0 Å². The molecule has 0 saturated carbocycles. The van der Waals surface area contributed by atoms with Gasteiger partial charge in [-0.3, -0.25) is 4.79 Å². The predicted octanol–water partition coefficient (Wildman–Crippen LogP) is 5.93. The van der Waals surface area contributed by atoms with Gasteiger partial charge in [0.2, 0.25) is 0 Å². The van der Waals surface area contributed by atoms with Crippen LogP contribution in [0.4, 0.5) is 18.9 Å². The van der Waals surface area contributed by atoms with Crippen LogP contribution in [0.1, 0.15) is 21.5 Å². The number of hydrogen-bond donors (Lipinski definition) is 1. The summed E-state index contributed by atoms with van der Waals surface area (Å²) < 4.78 is 38.2. The van der Waals surface area contributed by atoms with Crippen LogP contribution in [0.25, 0.3) is 11.1 Å². The van der Waals surface area contributed by atoms with Crippen molar-refractivity contribution < 1.29 is 18.0 Å². The topological polar surface area (TPSA) is 29.1 Å². The summed E-state index contributed by atoms with van der Waals surface area (Å²) in [6.07, 6.45) is -4.39. The molecule has 3 rings (SSSR count). The van der Waals surface area contributed by atoms with Gasteiger partial charge in [0.15, 0.2) is 0 Å². The lowest BCUT2D eigenvalue weighted by molar-refractivity contribution is -0.137. The average molecular weight is 355 g/mol. The molecule has 0 aliphatic heterocycles. The Morgan fingerprint density at radius 1 is 0.846 bits per heavy atom. The van der Waals surface area contributed by atoms with Gasteiger partial charge in [-0.15, -0.1) is 0 Å². The number of carbonyl (C=O) groups is 1. The number of amides is 1. The zero-order valence-corrected chi connectivity index (χ0v) is 14.0. The highest BCUT2D eigenvalue weighted by atomic mass is 19.4. The number of para-hydroxylation sites is 1. The van der Waals surface area contributed by atoms with Crippen molar-refractivity contribution in [2.24, 2.45) is 0 Å². The second-order valence-corrected chi connectivity index (χ2v) is 5.89. The van der Waals surface area contributed by atoms with E-state index in [4.69, 9.17) is 0 Å². The summed E-state index contributed by atoms with van der Waals surface area (Å²) in [5.41, 5.74) is 2.42. The molecule has 0 fully saturated rings. The second-order valence-electron chi connectivity index (χ2n) is 5.89. The lowest BCUT2D eigenvalue weighted by Crippen LogP contribution is -2.14. The molecule has 132 valence electrons. The van der Waals surface area contributed by atoms with Crippen LogP contribution in [-0.2, 0) is 6.18 Å². The minimum Gasteiger partial charge on any atom is -0.322 e. The lowest BCUT2D eigenvalue weighted by Gasteiger charge is -2.13. The fourth-order valence-corrected chi connectivity index (χ4v) is 2.67. The maximum atomic E-state index is 12.7. The molecule has 0 bridgehead atoms. The third-order valence-electron chi connectivity index (χ3n) is 4.09. The van der Waals surface area contributed by atoms with Crippen LogP contribution < -0.4 is 5.32 Å². The number of halogens is 3. The van der Waals surface area contributed by atoms with Crippen molar-refractivity contribution in [1.82, 2.24) is 0 Å². The molecule has 0 aromatic heterocycles. The maximum Gasteiger partial charge on any atom is 0.416 e. The minimum absolute atomic E-state index is 0.310. The summed E-state index contributed by atoms with van der Waals surface area (Å²) in [6.45, 7) is 1.89. The summed E-state index contributed by atoms with van der Waals surface area (Å²) in [6, 6.07) is 19.0. The molecule has 3 aromatic rings. The van der Waals surface area contributed by atoms with Gasteiger partial charge in [0.05, 0.1) is 5.56 Å². The highest BCUT2D eigenvalue weighted by molar-refractivity contribution is 6.09. The first kappa shape index (κ1) is 17.7. The maximum absolute atomic E-state index is 12.7. The molecule has 0 heterocycles. The highest BCUT2D eigenvalue weighted by Crippen LogP contribution is 2.32. The van der Waals surface area contributed by atoms with Crippen molar-refractivity contribution in [2.45, 2.75) is 13.1 Å². The first-order chi connectivity index (χ1) is 12.4. The first-order valence-electron chi connectivity index (χ1n) is 8.00. The fraction of sp³-hybridized carbons (Fsp3) is 0.0952. The normalized spacial score (nSPS) is 11.2. The van der Waals surface area contributed by atoms with Crippen LogP contribution in [0.3, 0.4) is 0 Å². The van der Waals surface area contributed by atoms with E-state index in [1.54, 1.807) is 30.3 Å². The van der Waals surface area contributed by atoms with Crippen molar-refractivity contribution in [2.75, 3.05) is 5.32 Å². The van der Waals surface area contributed by atoms with Gasteiger partial charge in [-0.2, -0.15) is 13.2 Å². The summed E-state index contributed by atoms with van der Waals surface area (Å²) in [4.78, 5) is 12.7. The van der Waals surface area contributed by atoms with Crippen LogP contribution in [0.5, 0.6) is 0 Å². The standard InChI is InChI=1S/C21H16F3NO/c1-14-6-2-5-9-19(14)25-20(26)18-8-4-3-7-17(18)15-10-12-16(13-11-15)21(22,23)24/h2-13H,1H3,(H,25,26). The molecular weight excluding hydrogens is 339 g/mol.